The van der Waals surface area contributed by atoms with E-state index in [0.717, 1.165) is 57.8 Å². The molecule has 2 bridgehead atoms. The second kappa shape index (κ2) is 4.41. The third kappa shape index (κ3) is 1.63. The van der Waals surface area contributed by atoms with Gasteiger partial charge in [0.05, 0.1) is 11.0 Å². The van der Waals surface area contributed by atoms with Crippen molar-refractivity contribution in [3.63, 3.8) is 0 Å². The van der Waals surface area contributed by atoms with Crippen LogP contribution in [0.15, 0.2) is 12.2 Å². The van der Waals surface area contributed by atoms with Gasteiger partial charge in [-0.3, -0.25) is 4.79 Å². The summed E-state index contributed by atoms with van der Waals surface area (Å²) < 4.78 is 0. The van der Waals surface area contributed by atoms with E-state index in [4.69, 9.17) is 0 Å². The maximum atomic E-state index is 12.1. The zero-order valence-electron chi connectivity index (χ0n) is 14.5. The lowest BCUT2D eigenvalue weighted by atomic mass is 9.39. The summed E-state index contributed by atoms with van der Waals surface area (Å²) in [6.45, 7) is 8.43. The van der Waals surface area contributed by atoms with E-state index in [9.17, 15) is 15.0 Å². The van der Waals surface area contributed by atoms with E-state index in [1.807, 2.05) is 6.92 Å². The predicted molar refractivity (Wildman–Crippen MR) is 88.9 cm³/mol. The van der Waals surface area contributed by atoms with Crippen molar-refractivity contribution in [2.24, 2.45) is 28.1 Å². The smallest absolute Gasteiger partial charge is 0.309 e. The maximum Gasteiger partial charge on any atom is 0.309 e. The quantitative estimate of drug-likeness (QED) is 0.714. The minimum Gasteiger partial charge on any atom is -0.481 e. The first kappa shape index (κ1) is 15.7. The van der Waals surface area contributed by atoms with E-state index in [0.29, 0.717) is 5.92 Å². The van der Waals surface area contributed by atoms with Gasteiger partial charge in [0.25, 0.3) is 0 Å². The van der Waals surface area contributed by atoms with Gasteiger partial charge in [0.1, 0.15) is 0 Å². The summed E-state index contributed by atoms with van der Waals surface area (Å²) in [4.78, 5) is 12.1. The highest BCUT2D eigenvalue weighted by Gasteiger charge is 2.72. The van der Waals surface area contributed by atoms with Gasteiger partial charge in [-0.15, -0.1) is 0 Å². The molecule has 0 aromatic rings. The second-order valence-corrected chi connectivity index (χ2v) is 9.50. The molecule has 0 saturated heterocycles. The van der Waals surface area contributed by atoms with Gasteiger partial charge in [-0.2, -0.15) is 0 Å². The Kier molecular flexibility index (Phi) is 3.01. The van der Waals surface area contributed by atoms with E-state index in [2.05, 4.69) is 13.5 Å². The van der Waals surface area contributed by atoms with Gasteiger partial charge in [-0.1, -0.05) is 25.5 Å². The van der Waals surface area contributed by atoms with Crippen LogP contribution in [0.1, 0.15) is 71.6 Å². The fraction of sp³-hybridized carbons (Fsp3) is 0.850. The SMILES string of the molecule is C=C1C[C@@]23CC[C@@H]4[C@](C)(C(=O)O)CCC[C@@]4(C)[C@]2(O)CC[C@@H]1C3. The minimum absolute atomic E-state index is 0.0327. The van der Waals surface area contributed by atoms with Crippen LogP contribution >= 0.6 is 0 Å². The number of aliphatic hydroxyl groups is 1. The van der Waals surface area contributed by atoms with Crippen LogP contribution < -0.4 is 0 Å². The first-order chi connectivity index (χ1) is 10.7. The standard InChI is InChI=1S/C20H30O3/c1-13-11-19-9-6-15-17(2,16(21)22)7-4-8-18(15,3)20(19,23)10-5-14(13)12-19/h14-15,23H,1,4-12H2,2-3H3,(H,21,22)/t14-,15-,17-,18-,19-,20-/m1/s1. The number of aliphatic carboxylic acids is 1. The zero-order valence-corrected chi connectivity index (χ0v) is 14.5. The molecular formula is C20H30O3. The summed E-state index contributed by atoms with van der Waals surface area (Å²) in [5.41, 5.74) is -0.367. The molecule has 23 heavy (non-hydrogen) atoms. The van der Waals surface area contributed by atoms with Gasteiger partial charge < -0.3 is 10.2 Å². The molecule has 4 aliphatic rings. The average Bonchev–Trinajstić information content (AvgIpc) is 2.75. The molecule has 6 atom stereocenters. The Balaban J connectivity index is 1.82. The number of carboxylic acids is 1. The maximum absolute atomic E-state index is 12.1. The first-order valence-corrected chi connectivity index (χ1v) is 9.32. The van der Waals surface area contributed by atoms with E-state index in [1.165, 1.54) is 5.57 Å². The normalized spacial score (nSPS) is 55.2. The third-order valence-electron chi connectivity index (χ3n) is 8.79. The summed E-state index contributed by atoms with van der Waals surface area (Å²) in [5, 5.41) is 21.9. The number of hydrogen-bond donors (Lipinski definition) is 2. The van der Waals surface area contributed by atoms with Crippen molar-refractivity contribution in [2.75, 3.05) is 0 Å². The topological polar surface area (TPSA) is 57.5 Å². The van der Waals surface area contributed by atoms with Crippen molar-refractivity contribution in [1.29, 1.82) is 0 Å². The summed E-state index contributed by atoms with van der Waals surface area (Å²) in [6.07, 6.45) is 8.45. The van der Waals surface area contributed by atoms with E-state index in [-0.39, 0.29) is 16.7 Å². The monoisotopic (exact) mass is 318 g/mol. The fourth-order valence-electron chi connectivity index (χ4n) is 7.51. The number of allylic oxidation sites excluding steroid dienone is 1. The zero-order chi connectivity index (χ0) is 16.7. The van der Waals surface area contributed by atoms with E-state index >= 15 is 0 Å². The molecule has 0 radical (unpaired) electrons. The lowest BCUT2D eigenvalue weighted by Gasteiger charge is -2.67. The van der Waals surface area contributed by atoms with Crippen LogP contribution in [0, 0.1) is 28.1 Å². The Bertz CT molecular complexity index is 583. The number of carbonyl (C=O) groups is 1. The summed E-state index contributed by atoms with van der Waals surface area (Å²) in [6, 6.07) is 0. The van der Waals surface area contributed by atoms with Crippen molar-refractivity contribution in [1.82, 2.24) is 0 Å². The van der Waals surface area contributed by atoms with Gasteiger partial charge >= 0.3 is 5.97 Å². The van der Waals surface area contributed by atoms with Crippen LogP contribution in [0.5, 0.6) is 0 Å². The molecule has 4 saturated carbocycles. The molecule has 4 aliphatic carbocycles. The molecule has 0 amide bonds. The van der Waals surface area contributed by atoms with Crippen molar-refractivity contribution in [3.8, 4) is 0 Å². The molecule has 1 spiro atoms. The van der Waals surface area contributed by atoms with Crippen LogP contribution in [0.3, 0.4) is 0 Å². The third-order valence-corrected chi connectivity index (χ3v) is 8.79. The van der Waals surface area contributed by atoms with E-state index in [1.54, 1.807) is 0 Å². The second-order valence-electron chi connectivity index (χ2n) is 9.50. The molecule has 0 aromatic carbocycles. The van der Waals surface area contributed by atoms with Crippen LogP contribution in [0.2, 0.25) is 0 Å². The Morgan fingerprint density at radius 1 is 1.17 bits per heavy atom. The molecule has 0 heterocycles. The summed E-state index contributed by atoms with van der Waals surface area (Å²) >= 11 is 0. The number of fused-ring (bicyclic) bond motifs is 3. The fourth-order valence-corrected chi connectivity index (χ4v) is 7.51. The van der Waals surface area contributed by atoms with Gasteiger partial charge in [-0.05, 0) is 70.1 Å². The molecule has 3 heteroatoms. The van der Waals surface area contributed by atoms with E-state index < -0.39 is 17.0 Å². The largest absolute Gasteiger partial charge is 0.481 e. The average molecular weight is 318 g/mol. The molecule has 3 nitrogen and oxygen atoms in total. The Morgan fingerprint density at radius 3 is 2.61 bits per heavy atom. The van der Waals surface area contributed by atoms with Crippen LogP contribution in [-0.4, -0.2) is 21.8 Å². The molecule has 4 rings (SSSR count). The lowest BCUT2D eigenvalue weighted by Crippen LogP contribution is -2.68. The molecule has 128 valence electrons. The van der Waals surface area contributed by atoms with Gasteiger partial charge in [-0.25, -0.2) is 0 Å². The number of rotatable bonds is 1. The Labute approximate surface area is 139 Å². The molecule has 0 aliphatic heterocycles. The molecule has 4 fully saturated rings. The van der Waals surface area contributed by atoms with Crippen molar-refractivity contribution < 1.29 is 15.0 Å². The Morgan fingerprint density at radius 2 is 1.91 bits per heavy atom. The Hall–Kier alpha value is -0.830. The highest BCUT2D eigenvalue weighted by molar-refractivity contribution is 5.75. The van der Waals surface area contributed by atoms with Crippen LogP contribution in [0.4, 0.5) is 0 Å². The predicted octanol–water partition coefficient (Wildman–Crippen LogP) is 4.16. The summed E-state index contributed by atoms with van der Waals surface area (Å²) in [5.74, 6) is 0.00431. The van der Waals surface area contributed by atoms with Crippen molar-refractivity contribution >= 4 is 5.97 Å². The van der Waals surface area contributed by atoms with Crippen molar-refractivity contribution in [3.05, 3.63) is 12.2 Å². The van der Waals surface area contributed by atoms with Gasteiger partial charge in [0.15, 0.2) is 0 Å². The molecule has 0 aromatic heterocycles. The minimum atomic E-state index is -0.712. The van der Waals surface area contributed by atoms with Crippen molar-refractivity contribution in [2.45, 2.75) is 77.2 Å². The van der Waals surface area contributed by atoms with Gasteiger partial charge in [0.2, 0.25) is 0 Å². The van der Waals surface area contributed by atoms with Gasteiger partial charge in [0, 0.05) is 10.8 Å². The molecular weight excluding hydrogens is 288 g/mol. The number of hydrogen-bond acceptors (Lipinski definition) is 2. The molecule has 2 N–H and O–H groups in total. The highest BCUT2D eigenvalue weighted by atomic mass is 16.4. The molecule has 0 unspecified atom stereocenters. The van der Waals surface area contributed by atoms with Crippen LogP contribution in [-0.2, 0) is 4.79 Å². The highest BCUT2D eigenvalue weighted by Crippen LogP contribution is 2.73. The lowest BCUT2D eigenvalue weighted by molar-refractivity contribution is -0.262. The number of carboxylic acid groups (broad SMARTS) is 1. The first-order valence-electron chi connectivity index (χ1n) is 9.32. The summed E-state index contributed by atoms with van der Waals surface area (Å²) in [7, 11) is 0. The van der Waals surface area contributed by atoms with Crippen LogP contribution in [0.25, 0.3) is 0 Å².